The first-order chi connectivity index (χ1) is 9.85. The molecule has 0 fully saturated rings. The van der Waals surface area contributed by atoms with Gasteiger partial charge in [0.25, 0.3) is 5.91 Å². The Morgan fingerprint density at radius 2 is 1.86 bits per heavy atom. The predicted molar refractivity (Wildman–Crippen MR) is 87.9 cm³/mol. The van der Waals surface area contributed by atoms with Gasteiger partial charge in [0.2, 0.25) is 0 Å². The van der Waals surface area contributed by atoms with E-state index in [1.165, 1.54) is 16.9 Å². The molecule has 2 rings (SSSR count). The summed E-state index contributed by atoms with van der Waals surface area (Å²) in [6, 6.07) is 10.3. The van der Waals surface area contributed by atoms with Crippen LogP contribution in [0, 0.1) is 6.92 Å². The lowest BCUT2D eigenvalue weighted by Crippen LogP contribution is -2.40. The minimum atomic E-state index is -0.224. The van der Waals surface area contributed by atoms with Gasteiger partial charge in [0, 0.05) is 12.0 Å². The molecule has 1 N–H and O–H groups in total. The van der Waals surface area contributed by atoms with Crippen LogP contribution in [0.25, 0.3) is 0 Å². The normalized spacial score (nSPS) is 11.4. The van der Waals surface area contributed by atoms with Gasteiger partial charge in [0.05, 0.1) is 10.7 Å². The summed E-state index contributed by atoms with van der Waals surface area (Å²) in [5.74, 6) is -0.0246. The molecule has 1 aromatic carbocycles. The third kappa shape index (κ3) is 4.67. The molecule has 3 nitrogen and oxygen atoms in total. The predicted octanol–water partition coefficient (Wildman–Crippen LogP) is 3.77. The summed E-state index contributed by atoms with van der Waals surface area (Å²) in [5, 5.41) is 4.02. The molecule has 1 heterocycles. The first-order valence-electron chi connectivity index (χ1n) is 7.18. The Morgan fingerprint density at radius 1 is 1.19 bits per heavy atom. The zero-order chi connectivity index (χ0) is 15.5. The standard InChI is InChI=1S/C17H22N2OS/c1-12-15(16(20)19-17(2,3)4)21-14(18-12)11-10-13-8-6-5-7-9-13/h5-9H,10-11H2,1-4H3,(H,19,20). The van der Waals surface area contributed by atoms with Crippen molar-refractivity contribution in [2.24, 2.45) is 0 Å². The van der Waals surface area contributed by atoms with Gasteiger partial charge in [-0.3, -0.25) is 4.79 Å². The van der Waals surface area contributed by atoms with E-state index in [0.717, 1.165) is 28.4 Å². The van der Waals surface area contributed by atoms with E-state index in [2.05, 4.69) is 22.4 Å². The lowest BCUT2D eigenvalue weighted by Gasteiger charge is -2.19. The Hall–Kier alpha value is -1.68. The van der Waals surface area contributed by atoms with Crippen LogP contribution in [0.15, 0.2) is 30.3 Å². The monoisotopic (exact) mass is 302 g/mol. The van der Waals surface area contributed by atoms with Crippen molar-refractivity contribution in [1.82, 2.24) is 10.3 Å². The van der Waals surface area contributed by atoms with Crippen molar-refractivity contribution in [3.8, 4) is 0 Å². The van der Waals surface area contributed by atoms with Gasteiger partial charge in [-0.2, -0.15) is 0 Å². The number of carbonyl (C=O) groups is 1. The van der Waals surface area contributed by atoms with E-state index >= 15 is 0 Å². The van der Waals surface area contributed by atoms with Crippen LogP contribution in [0.4, 0.5) is 0 Å². The van der Waals surface area contributed by atoms with Crippen LogP contribution >= 0.6 is 11.3 Å². The molecule has 112 valence electrons. The van der Waals surface area contributed by atoms with Gasteiger partial charge in [-0.25, -0.2) is 4.98 Å². The molecular formula is C17H22N2OS. The maximum atomic E-state index is 12.2. The van der Waals surface area contributed by atoms with Crippen LogP contribution in [0.5, 0.6) is 0 Å². The minimum Gasteiger partial charge on any atom is -0.347 e. The van der Waals surface area contributed by atoms with Gasteiger partial charge in [0.15, 0.2) is 0 Å². The number of benzene rings is 1. The van der Waals surface area contributed by atoms with Crippen molar-refractivity contribution in [3.63, 3.8) is 0 Å². The van der Waals surface area contributed by atoms with Crippen LogP contribution in [-0.2, 0) is 12.8 Å². The van der Waals surface area contributed by atoms with Crippen LogP contribution < -0.4 is 5.32 Å². The first kappa shape index (κ1) is 15.7. The maximum absolute atomic E-state index is 12.2. The Morgan fingerprint density at radius 3 is 2.48 bits per heavy atom. The number of amides is 1. The first-order valence-corrected chi connectivity index (χ1v) is 7.99. The van der Waals surface area contributed by atoms with Crippen LogP contribution in [0.2, 0.25) is 0 Å². The molecule has 0 aliphatic carbocycles. The summed E-state index contributed by atoms with van der Waals surface area (Å²) >= 11 is 1.50. The molecule has 21 heavy (non-hydrogen) atoms. The van der Waals surface area contributed by atoms with Gasteiger partial charge < -0.3 is 5.32 Å². The van der Waals surface area contributed by atoms with Crippen LogP contribution in [-0.4, -0.2) is 16.4 Å². The van der Waals surface area contributed by atoms with E-state index in [0.29, 0.717) is 0 Å². The van der Waals surface area contributed by atoms with E-state index in [1.807, 2.05) is 45.9 Å². The molecule has 1 aromatic heterocycles. The maximum Gasteiger partial charge on any atom is 0.263 e. The minimum absolute atomic E-state index is 0.0246. The molecule has 0 bridgehead atoms. The van der Waals surface area contributed by atoms with E-state index < -0.39 is 0 Å². The van der Waals surface area contributed by atoms with Gasteiger partial charge in [-0.05, 0) is 39.7 Å². The highest BCUT2D eigenvalue weighted by Crippen LogP contribution is 2.20. The van der Waals surface area contributed by atoms with E-state index in [9.17, 15) is 4.79 Å². The SMILES string of the molecule is Cc1nc(CCc2ccccc2)sc1C(=O)NC(C)(C)C. The second-order valence-electron chi connectivity index (χ2n) is 6.21. The summed E-state index contributed by atoms with van der Waals surface area (Å²) in [7, 11) is 0. The highest BCUT2D eigenvalue weighted by atomic mass is 32.1. The average Bonchev–Trinajstić information content (AvgIpc) is 2.77. The molecule has 0 radical (unpaired) electrons. The van der Waals surface area contributed by atoms with Gasteiger partial charge >= 0.3 is 0 Å². The summed E-state index contributed by atoms with van der Waals surface area (Å²) in [5.41, 5.74) is 1.90. The zero-order valence-electron chi connectivity index (χ0n) is 13.1. The summed E-state index contributed by atoms with van der Waals surface area (Å²) in [4.78, 5) is 17.5. The number of carbonyl (C=O) groups excluding carboxylic acids is 1. The number of rotatable bonds is 4. The second-order valence-corrected chi connectivity index (χ2v) is 7.30. The number of aryl methyl sites for hydroxylation is 3. The number of aromatic nitrogens is 1. The third-order valence-electron chi connectivity index (χ3n) is 3.01. The number of thiazole rings is 1. The molecule has 0 aliphatic rings. The molecule has 0 saturated heterocycles. The lowest BCUT2D eigenvalue weighted by molar-refractivity contribution is 0.0923. The topological polar surface area (TPSA) is 42.0 Å². The largest absolute Gasteiger partial charge is 0.347 e. The highest BCUT2D eigenvalue weighted by Gasteiger charge is 2.20. The highest BCUT2D eigenvalue weighted by molar-refractivity contribution is 7.13. The third-order valence-corrected chi connectivity index (χ3v) is 4.22. The summed E-state index contributed by atoms with van der Waals surface area (Å²) < 4.78 is 0. The molecule has 0 atom stereocenters. The van der Waals surface area contributed by atoms with E-state index in [-0.39, 0.29) is 11.4 Å². The Balaban J connectivity index is 2.04. The number of nitrogens with one attached hydrogen (secondary N) is 1. The Labute approximate surface area is 130 Å². The molecule has 1 amide bonds. The number of hydrogen-bond acceptors (Lipinski definition) is 3. The van der Waals surface area contributed by atoms with Crippen molar-refractivity contribution in [1.29, 1.82) is 0 Å². The van der Waals surface area contributed by atoms with Gasteiger partial charge in [0.1, 0.15) is 4.88 Å². The van der Waals surface area contributed by atoms with Crippen molar-refractivity contribution < 1.29 is 4.79 Å². The fourth-order valence-electron chi connectivity index (χ4n) is 2.06. The lowest BCUT2D eigenvalue weighted by atomic mass is 10.1. The molecule has 2 aromatic rings. The van der Waals surface area contributed by atoms with Crippen LogP contribution in [0.3, 0.4) is 0 Å². The Bertz CT molecular complexity index is 611. The van der Waals surface area contributed by atoms with Crippen molar-refractivity contribution >= 4 is 17.2 Å². The molecule has 0 aliphatic heterocycles. The van der Waals surface area contributed by atoms with E-state index in [1.54, 1.807) is 0 Å². The van der Waals surface area contributed by atoms with Crippen molar-refractivity contribution in [3.05, 3.63) is 51.5 Å². The number of nitrogens with zero attached hydrogens (tertiary/aromatic N) is 1. The van der Waals surface area contributed by atoms with E-state index in [4.69, 9.17) is 0 Å². The van der Waals surface area contributed by atoms with Crippen LogP contribution in [0.1, 0.15) is 46.7 Å². The quantitative estimate of drug-likeness (QED) is 0.934. The molecule has 4 heteroatoms. The number of hydrogen-bond donors (Lipinski definition) is 1. The van der Waals surface area contributed by atoms with Crippen molar-refractivity contribution in [2.45, 2.75) is 46.1 Å². The zero-order valence-corrected chi connectivity index (χ0v) is 13.9. The van der Waals surface area contributed by atoms with Gasteiger partial charge in [-0.15, -0.1) is 11.3 Å². The van der Waals surface area contributed by atoms with Gasteiger partial charge in [-0.1, -0.05) is 30.3 Å². The fraction of sp³-hybridized carbons (Fsp3) is 0.412. The molecule has 0 spiro atoms. The summed E-state index contributed by atoms with van der Waals surface area (Å²) in [6.45, 7) is 7.85. The fourth-order valence-corrected chi connectivity index (χ4v) is 3.02. The summed E-state index contributed by atoms with van der Waals surface area (Å²) in [6.07, 6.45) is 1.83. The second kappa shape index (κ2) is 6.39. The average molecular weight is 302 g/mol. The molecular weight excluding hydrogens is 280 g/mol. The molecule has 0 unspecified atom stereocenters. The smallest absolute Gasteiger partial charge is 0.263 e. The Kier molecular flexibility index (Phi) is 4.78. The van der Waals surface area contributed by atoms with Crippen molar-refractivity contribution in [2.75, 3.05) is 0 Å². The molecule has 0 saturated carbocycles.